The highest BCUT2D eigenvalue weighted by atomic mass is 32.2. The largest absolute Gasteiger partial charge is 0.290 e. The third-order valence-electron chi connectivity index (χ3n) is 2.34. The summed E-state index contributed by atoms with van der Waals surface area (Å²) in [5, 5.41) is 0.312. The van der Waals surface area contributed by atoms with Crippen LogP contribution in [0.1, 0.15) is 46.0 Å². The zero-order chi connectivity index (χ0) is 9.68. The van der Waals surface area contributed by atoms with Crippen molar-refractivity contribution in [3.05, 3.63) is 0 Å². The van der Waals surface area contributed by atoms with Gasteiger partial charge in [-0.25, -0.2) is 4.21 Å². The van der Waals surface area contributed by atoms with Crippen molar-refractivity contribution in [3.63, 3.8) is 0 Å². The molecule has 0 N–H and O–H groups in total. The average molecular weight is 204 g/mol. The molecule has 0 amide bonds. The van der Waals surface area contributed by atoms with Gasteiger partial charge in [-0.2, -0.15) is 0 Å². The molecule has 1 fully saturated rings. The number of hydrogen-bond donors (Lipinski definition) is 0. The minimum absolute atomic E-state index is 0.312. The first-order valence-electron chi connectivity index (χ1n) is 5.24. The van der Waals surface area contributed by atoms with Crippen molar-refractivity contribution in [1.29, 1.82) is 0 Å². The quantitative estimate of drug-likeness (QED) is 0.703. The molecule has 1 atom stereocenters. The van der Waals surface area contributed by atoms with Crippen LogP contribution in [0.2, 0.25) is 0 Å². The van der Waals surface area contributed by atoms with Gasteiger partial charge in [-0.15, -0.1) is 0 Å². The Balaban J connectivity index is 2.21. The number of rotatable bonds is 4. The molecule has 0 saturated heterocycles. The predicted octanol–water partition coefficient (Wildman–Crippen LogP) is 2.66. The lowest BCUT2D eigenvalue weighted by molar-refractivity contribution is 0.288. The maximum Gasteiger partial charge on any atom is 0.158 e. The van der Waals surface area contributed by atoms with Crippen molar-refractivity contribution >= 4 is 11.1 Å². The van der Waals surface area contributed by atoms with E-state index in [1.807, 2.05) is 0 Å². The third-order valence-corrected chi connectivity index (χ3v) is 3.73. The van der Waals surface area contributed by atoms with Crippen LogP contribution in [0.4, 0.5) is 0 Å². The monoisotopic (exact) mass is 204 g/mol. The number of hydrogen-bond acceptors (Lipinski definition) is 2. The fourth-order valence-corrected chi connectivity index (χ4v) is 2.87. The normalized spacial score (nSPS) is 22.1. The van der Waals surface area contributed by atoms with Gasteiger partial charge in [0.05, 0.1) is 11.9 Å². The van der Waals surface area contributed by atoms with Crippen LogP contribution in [0.3, 0.4) is 0 Å². The van der Waals surface area contributed by atoms with Crippen LogP contribution in [0.5, 0.6) is 0 Å². The third kappa shape index (κ3) is 4.23. The lowest BCUT2D eigenvalue weighted by Gasteiger charge is -2.20. The van der Waals surface area contributed by atoms with Crippen molar-refractivity contribution in [1.82, 2.24) is 0 Å². The Kier molecular flexibility index (Phi) is 4.96. The fourth-order valence-electron chi connectivity index (χ4n) is 1.56. The van der Waals surface area contributed by atoms with Crippen molar-refractivity contribution in [3.8, 4) is 0 Å². The van der Waals surface area contributed by atoms with E-state index in [0.29, 0.717) is 17.8 Å². The Morgan fingerprint density at radius 2 is 1.92 bits per heavy atom. The fraction of sp³-hybridized carbons (Fsp3) is 1.00. The lowest BCUT2D eigenvalue weighted by Crippen LogP contribution is -2.21. The second kappa shape index (κ2) is 5.76. The van der Waals surface area contributed by atoms with E-state index >= 15 is 0 Å². The molecule has 0 spiro atoms. The molecule has 0 heterocycles. The molecule has 13 heavy (non-hydrogen) atoms. The van der Waals surface area contributed by atoms with Crippen molar-refractivity contribution in [2.75, 3.05) is 6.61 Å². The minimum Gasteiger partial charge on any atom is -0.290 e. The summed E-state index contributed by atoms with van der Waals surface area (Å²) in [5.41, 5.74) is 0. The van der Waals surface area contributed by atoms with Gasteiger partial charge in [0.25, 0.3) is 0 Å². The van der Waals surface area contributed by atoms with Gasteiger partial charge in [-0.3, -0.25) is 4.18 Å². The SMILES string of the molecule is CC(C)COS(=O)C1CCCCC1. The van der Waals surface area contributed by atoms with E-state index in [0.717, 1.165) is 12.8 Å². The van der Waals surface area contributed by atoms with Crippen LogP contribution in [0, 0.1) is 5.92 Å². The Morgan fingerprint density at radius 1 is 1.31 bits per heavy atom. The molecule has 1 rings (SSSR count). The summed E-state index contributed by atoms with van der Waals surface area (Å²) in [4.78, 5) is 0. The van der Waals surface area contributed by atoms with Gasteiger partial charge >= 0.3 is 0 Å². The first-order valence-corrected chi connectivity index (χ1v) is 6.38. The van der Waals surface area contributed by atoms with Crippen LogP contribution < -0.4 is 0 Å². The highest BCUT2D eigenvalue weighted by Gasteiger charge is 2.20. The standard InChI is InChI=1S/C10H20O2S/c1-9(2)8-12-13(11)10-6-4-3-5-7-10/h9-10H,3-8H2,1-2H3. The molecular weight excluding hydrogens is 184 g/mol. The molecule has 78 valence electrons. The van der Waals surface area contributed by atoms with Crippen molar-refractivity contribution in [2.24, 2.45) is 5.92 Å². The molecule has 0 aromatic heterocycles. The molecule has 3 heteroatoms. The molecule has 1 unspecified atom stereocenters. The first-order chi connectivity index (χ1) is 6.20. The van der Waals surface area contributed by atoms with E-state index in [1.165, 1.54) is 19.3 Å². The Morgan fingerprint density at radius 3 is 2.46 bits per heavy atom. The van der Waals surface area contributed by atoms with Gasteiger partial charge in [0, 0.05) is 0 Å². The van der Waals surface area contributed by atoms with Gasteiger partial charge in [0.2, 0.25) is 0 Å². The van der Waals surface area contributed by atoms with E-state index in [4.69, 9.17) is 4.18 Å². The van der Waals surface area contributed by atoms with Crippen molar-refractivity contribution in [2.45, 2.75) is 51.2 Å². The maximum atomic E-state index is 11.6. The second-order valence-electron chi connectivity index (χ2n) is 4.20. The molecular formula is C10H20O2S. The van der Waals surface area contributed by atoms with Gasteiger partial charge in [-0.1, -0.05) is 33.1 Å². The Hall–Kier alpha value is 0.110. The summed E-state index contributed by atoms with van der Waals surface area (Å²) in [6.07, 6.45) is 5.93. The summed E-state index contributed by atoms with van der Waals surface area (Å²) < 4.78 is 16.9. The van der Waals surface area contributed by atoms with E-state index in [-0.39, 0.29) is 0 Å². The minimum atomic E-state index is -1.03. The summed E-state index contributed by atoms with van der Waals surface area (Å²) in [6.45, 7) is 4.79. The van der Waals surface area contributed by atoms with Crippen LogP contribution in [-0.2, 0) is 15.3 Å². The molecule has 1 aliphatic carbocycles. The predicted molar refractivity (Wildman–Crippen MR) is 55.8 cm³/mol. The maximum absolute atomic E-state index is 11.6. The molecule has 2 nitrogen and oxygen atoms in total. The summed E-state index contributed by atoms with van der Waals surface area (Å²) in [7, 11) is 0. The smallest absolute Gasteiger partial charge is 0.158 e. The topological polar surface area (TPSA) is 26.3 Å². The van der Waals surface area contributed by atoms with Crippen LogP contribution in [0.25, 0.3) is 0 Å². The zero-order valence-corrected chi connectivity index (χ0v) is 9.44. The molecule has 0 radical (unpaired) electrons. The molecule has 1 aliphatic rings. The summed E-state index contributed by atoms with van der Waals surface area (Å²) in [5.74, 6) is 0.479. The van der Waals surface area contributed by atoms with Crippen LogP contribution in [0.15, 0.2) is 0 Å². The highest BCUT2D eigenvalue weighted by Crippen LogP contribution is 2.22. The molecule has 1 saturated carbocycles. The lowest BCUT2D eigenvalue weighted by atomic mass is 10.0. The van der Waals surface area contributed by atoms with Crippen molar-refractivity contribution < 1.29 is 8.39 Å². The molecule has 0 bridgehead atoms. The van der Waals surface area contributed by atoms with Crippen LogP contribution >= 0.6 is 0 Å². The van der Waals surface area contributed by atoms with E-state index in [1.54, 1.807) is 0 Å². The molecule has 0 aromatic rings. The van der Waals surface area contributed by atoms with Gasteiger partial charge in [0.15, 0.2) is 11.1 Å². The van der Waals surface area contributed by atoms with E-state index in [9.17, 15) is 4.21 Å². The van der Waals surface area contributed by atoms with Crippen LogP contribution in [-0.4, -0.2) is 16.1 Å². The molecule has 0 aliphatic heterocycles. The summed E-state index contributed by atoms with van der Waals surface area (Å²) >= 11 is -1.03. The second-order valence-corrected chi connectivity index (χ2v) is 5.62. The Labute approximate surface area is 83.7 Å². The highest BCUT2D eigenvalue weighted by molar-refractivity contribution is 7.80. The van der Waals surface area contributed by atoms with Gasteiger partial charge in [-0.05, 0) is 18.8 Å². The first kappa shape index (κ1) is 11.2. The van der Waals surface area contributed by atoms with Gasteiger partial charge < -0.3 is 0 Å². The molecule has 0 aromatic carbocycles. The zero-order valence-electron chi connectivity index (χ0n) is 8.62. The average Bonchev–Trinajstić information content (AvgIpc) is 2.15. The van der Waals surface area contributed by atoms with E-state index in [2.05, 4.69) is 13.8 Å². The summed E-state index contributed by atoms with van der Waals surface area (Å²) in [6, 6.07) is 0. The van der Waals surface area contributed by atoms with E-state index < -0.39 is 11.1 Å². The van der Waals surface area contributed by atoms with Gasteiger partial charge in [0.1, 0.15) is 0 Å². The Bertz CT molecular complexity index is 162.